The Morgan fingerprint density at radius 2 is 2.44 bits per heavy atom. The topological polar surface area (TPSA) is 79.4 Å². The SMILES string of the molecule is Cn1cc(CNc2nnccc2C#N)cn1. The van der Waals surface area contributed by atoms with E-state index in [2.05, 4.69) is 26.7 Å². The van der Waals surface area contributed by atoms with Gasteiger partial charge in [0.1, 0.15) is 6.07 Å². The summed E-state index contributed by atoms with van der Waals surface area (Å²) in [7, 11) is 1.85. The second-order valence-electron chi connectivity index (χ2n) is 3.28. The van der Waals surface area contributed by atoms with Crippen molar-refractivity contribution in [1.82, 2.24) is 20.0 Å². The summed E-state index contributed by atoms with van der Waals surface area (Å²) in [5.74, 6) is 0.494. The molecule has 0 aliphatic carbocycles. The van der Waals surface area contributed by atoms with E-state index in [1.54, 1.807) is 16.9 Å². The minimum absolute atomic E-state index is 0.485. The van der Waals surface area contributed by atoms with Gasteiger partial charge in [-0.3, -0.25) is 4.68 Å². The van der Waals surface area contributed by atoms with Crippen LogP contribution in [0.15, 0.2) is 24.7 Å². The van der Waals surface area contributed by atoms with E-state index in [9.17, 15) is 0 Å². The zero-order valence-corrected chi connectivity index (χ0v) is 8.75. The summed E-state index contributed by atoms with van der Waals surface area (Å²) >= 11 is 0. The molecule has 80 valence electrons. The number of aromatic nitrogens is 4. The van der Waals surface area contributed by atoms with Crippen LogP contribution in [0.3, 0.4) is 0 Å². The number of aryl methyl sites for hydroxylation is 1. The van der Waals surface area contributed by atoms with Gasteiger partial charge in [0.05, 0.1) is 18.0 Å². The van der Waals surface area contributed by atoms with Crippen molar-refractivity contribution in [3.05, 3.63) is 35.8 Å². The molecule has 2 aromatic rings. The molecule has 0 saturated heterocycles. The highest BCUT2D eigenvalue weighted by atomic mass is 15.2. The highest BCUT2D eigenvalue weighted by Crippen LogP contribution is 2.09. The summed E-state index contributed by atoms with van der Waals surface area (Å²) in [6, 6.07) is 3.67. The molecule has 0 aromatic carbocycles. The Morgan fingerprint density at radius 3 is 3.12 bits per heavy atom. The molecule has 0 saturated carbocycles. The van der Waals surface area contributed by atoms with Gasteiger partial charge in [-0.15, -0.1) is 5.10 Å². The fraction of sp³-hybridized carbons (Fsp3) is 0.200. The molecular formula is C10H10N6. The summed E-state index contributed by atoms with van der Waals surface area (Å²) < 4.78 is 1.72. The lowest BCUT2D eigenvalue weighted by molar-refractivity contribution is 0.767. The number of nitrogens with one attached hydrogen (secondary N) is 1. The van der Waals surface area contributed by atoms with E-state index in [-0.39, 0.29) is 0 Å². The van der Waals surface area contributed by atoms with E-state index in [4.69, 9.17) is 5.26 Å². The Morgan fingerprint density at radius 1 is 1.56 bits per heavy atom. The quantitative estimate of drug-likeness (QED) is 0.813. The van der Waals surface area contributed by atoms with Crippen LogP contribution < -0.4 is 5.32 Å². The average molecular weight is 214 g/mol. The molecular weight excluding hydrogens is 204 g/mol. The lowest BCUT2D eigenvalue weighted by atomic mass is 10.3. The molecule has 2 heterocycles. The zero-order valence-electron chi connectivity index (χ0n) is 8.75. The predicted molar refractivity (Wildman–Crippen MR) is 57.3 cm³/mol. The molecule has 6 heteroatoms. The van der Waals surface area contributed by atoms with Gasteiger partial charge in [-0.25, -0.2) is 0 Å². The third-order valence-corrected chi connectivity index (χ3v) is 2.06. The lowest BCUT2D eigenvalue weighted by Gasteiger charge is -2.03. The smallest absolute Gasteiger partial charge is 0.166 e. The third-order valence-electron chi connectivity index (χ3n) is 2.06. The lowest BCUT2D eigenvalue weighted by Crippen LogP contribution is -2.03. The third kappa shape index (κ3) is 2.15. The Kier molecular flexibility index (Phi) is 2.78. The van der Waals surface area contributed by atoms with Gasteiger partial charge < -0.3 is 5.32 Å². The number of rotatable bonds is 3. The molecule has 0 aliphatic heterocycles. The van der Waals surface area contributed by atoms with Crippen molar-refractivity contribution in [1.29, 1.82) is 5.26 Å². The van der Waals surface area contributed by atoms with Gasteiger partial charge in [0, 0.05) is 25.4 Å². The first kappa shape index (κ1) is 10.1. The van der Waals surface area contributed by atoms with Crippen LogP contribution in [0.5, 0.6) is 0 Å². The Hall–Kier alpha value is -2.42. The normalized spacial score (nSPS) is 9.75. The largest absolute Gasteiger partial charge is 0.363 e. The van der Waals surface area contributed by atoms with Crippen LogP contribution in [0.4, 0.5) is 5.82 Å². The number of nitrogens with zero attached hydrogens (tertiary/aromatic N) is 5. The highest BCUT2D eigenvalue weighted by molar-refractivity contribution is 5.50. The van der Waals surface area contributed by atoms with Crippen LogP contribution in [0.1, 0.15) is 11.1 Å². The maximum atomic E-state index is 8.85. The van der Waals surface area contributed by atoms with Crippen LogP contribution in [-0.4, -0.2) is 20.0 Å². The first-order valence-electron chi connectivity index (χ1n) is 4.73. The van der Waals surface area contributed by atoms with E-state index in [0.717, 1.165) is 5.56 Å². The molecule has 2 rings (SSSR count). The van der Waals surface area contributed by atoms with E-state index in [1.165, 1.54) is 6.20 Å². The van der Waals surface area contributed by atoms with Crippen molar-refractivity contribution >= 4 is 5.82 Å². The molecule has 6 nitrogen and oxygen atoms in total. The summed E-state index contributed by atoms with van der Waals surface area (Å²) in [5.41, 5.74) is 1.51. The first-order chi connectivity index (χ1) is 7.79. The van der Waals surface area contributed by atoms with Gasteiger partial charge in [0.15, 0.2) is 5.82 Å². The van der Waals surface area contributed by atoms with Crippen molar-refractivity contribution in [2.75, 3.05) is 5.32 Å². The highest BCUT2D eigenvalue weighted by Gasteiger charge is 2.03. The van der Waals surface area contributed by atoms with Gasteiger partial charge in [0.25, 0.3) is 0 Å². The standard InChI is InChI=1S/C10H10N6/c1-16-7-8(6-14-16)5-12-10-9(4-11)2-3-13-15-10/h2-3,6-7H,5H2,1H3,(H,12,15). The molecule has 16 heavy (non-hydrogen) atoms. The summed E-state index contributed by atoms with van der Waals surface area (Å²) in [6.07, 6.45) is 5.15. The monoisotopic (exact) mass is 214 g/mol. The number of hydrogen-bond acceptors (Lipinski definition) is 5. The second kappa shape index (κ2) is 4.40. The van der Waals surface area contributed by atoms with Gasteiger partial charge in [-0.1, -0.05) is 0 Å². The second-order valence-corrected chi connectivity index (χ2v) is 3.28. The molecule has 0 bridgehead atoms. The van der Waals surface area contributed by atoms with E-state index < -0.39 is 0 Å². The van der Waals surface area contributed by atoms with E-state index in [1.807, 2.05) is 13.2 Å². The molecule has 0 amide bonds. The Labute approximate surface area is 92.5 Å². The summed E-state index contributed by atoms with van der Waals surface area (Å²) in [5, 5.41) is 23.5. The first-order valence-corrected chi connectivity index (χ1v) is 4.73. The van der Waals surface area contributed by atoms with Gasteiger partial charge in [-0.05, 0) is 6.07 Å². The van der Waals surface area contributed by atoms with Crippen molar-refractivity contribution in [3.8, 4) is 6.07 Å². The molecule has 0 atom stereocenters. The zero-order chi connectivity index (χ0) is 11.4. The predicted octanol–water partition coefficient (Wildman–Crippen LogP) is 0.694. The Bertz CT molecular complexity index is 524. The number of hydrogen-bond donors (Lipinski definition) is 1. The molecule has 0 radical (unpaired) electrons. The molecule has 0 spiro atoms. The molecule has 0 unspecified atom stereocenters. The molecule has 2 aromatic heterocycles. The van der Waals surface area contributed by atoms with Gasteiger partial charge >= 0.3 is 0 Å². The molecule has 1 N–H and O–H groups in total. The van der Waals surface area contributed by atoms with Gasteiger partial charge in [0.2, 0.25) is 0 Å². The number of anilines is 1. The van der Waals surface area contributed by atoms with Crippen molar-refractivity contribution in [2.45, 2.75) is 6.54 Å². The van der Waals surface area contributed by atoms with Crippen LogP contribution in [0, 0.1) is 11.3 Å². The maximum Gasteiger partial charge on any atom is 0.166 e. The van der Waals surface area contributed by atoms with Crippen LogP contribution in [-0.2, 0) is 13.6 Å². The van der Waals surface area contributed by atoms with Crippen LogP contribution >= 0.6 is 0 Å². The molecule has 0 aliphatic rings. The van der Waals surface area contributed by atoms with Crippen molar-refractivity contribution in [2.24, 2.45) is 7.05 Å². The average Bonchev–Trinajstić information content (AvgIpc) is 2.73. The van der Waals surface area contributed by atoms with Crippen molar-refractivity contribution in [3.63, 3.8) is 0 Å². The fourth-order valence-corrected chi connectivity index (χ4v) is 1.30. The summed E-state index contributed by atoms with van der Waals surface area (Å²) in [6.45, 7) is 0.571. The van der Waals surface area contributed by atoms with Crippen molar-refractivity contribution < 1.29 is 0 Å². The van der Waals surface area contributed by atoms with Crippen LogP contribution in [0.2, 0.25) is 0 Å². The van der Waals surface area contributed by atoms with Gasteiger partial charge in [-0.2, -0.15) is 15.5 Å². The minimum atomic E-state index is 0.485. The maximum absolute atomic E-state index is 8.85. The summed E-state index contributed by atoms with van der Waals surface area (Å²) in [4.78, 5) is 0. The van der Waals surface area contributed by atoms with Crippen LogP contribution in [0.25, 0.3) is 0 Å². The van der Waals surface area contributed by atoms with E-state index >= 15 is 0 Å². The Balaban J connectivity index is 2.08. The number of nitriles is 1. The van der Waals surface area contributed by atoms with E-state index in [0.29, 0.717) is 17.9 Å². The fourth-order valence-electron chi connectivity index (χ4n) is 1.30. The molecule has 0 fully saturated rings. The minimum Gasteiger partial charge on any atom is -0.363 e.